The highest BCUT2D eigenvalue weighted by atomic mass is 16.5. The maximum Gasteiger partial charge on any atom is 0.339 e. The van der Waals surface area contributed by atoms with E-state index in [1.807, 2.05) is 0 Å². The van der Waals surface area contributed by atoms with Gasteiger partial charge in [-0.2, -0.15) is 0 Å². The zero-order valence-corrected chi connectivity index (χ0v) is 16.0. The molecule has 3 aromatic rings. The third-order valence-electron chi connectivity index (χ3n) is 4.13. The Hall–Kier alpha value is -4.08. The van der Waals surface area contributed by atoms with Crippen molar-refractivity contribution in [2.75, 3.05) is 19.0 Å². The highest BCUT2D eigenvalue weighted by molar-refractivity contribution is 6.01. The first kappa shape index (κ1) is 20.6. The van der Waals surface area contributed by atoms with Crippen LogP contribution in [-0.2, 0) is 25.6 Å². The van der Waals surface area contributed by atoms with Crippen LogP contribution in [0.5, 0.6) is 0 Å². The molecule has 0 aliphatic heterocycles. The minimum absolute atomic E-state index is 0.0394. The fourth-order valence-corrected chi connectivity index (χ4v) is 2.65. The molecule has 1 heterocycles. The van der Waals surface area contributed by atoms with Crippen molar-refractivity contribution in [3.63, 3.8) is 0 Å². The first-order valence-corrected chi connectivity index (χ1v) is 8.95. The molecule has 0 saturated heterocycles. The number of amides is 1. The molecular formula is C20H18N4O6. The third-order valence-corrected chi connectivity index (χ3v) is 4.13. The highest BCUT2D eigenvalue weighted by Crippen LogP contribution is 2.15. The van der Waals surface area contributed by atoms with E-state index in [9.17, 15) is 19.2 Å². The highest BCUT2D eigenvalue weighted by Gasteiger charge is 2.15. The average molecular weight is 410 g/mol. The number of nitrogens with one attached hydrogen (secondary N) is 1. The summed E-state index contributed by atoms with van der Waals surface area (Å²) in [6.07, 6.45) is -0.168. The second kappa shape index (κ2) is 9.41. The van der Waals surface area contributed by atoms with Gasteiger partial charge in [0.05, 0.1) is 36.7 Å². The summed E-state index contributed by atoms with van der Waals surface area (Å²) in [5.74, 6) is -1.92. The van der Waals surface area contributed by atoms with Crippen LogP contribution in [-0.4, -0.2) is 46.6 Å². The normalized spacial score (nSPS) is 10.4. The second-order valence-electron chi connectivity index (χ2n) is 6.13. The summed E-state index contributed by atoms with van der Waals surface area (Å²) in [4.78, 5) is 48.0. The first-order chi connectivity index (χ1) is 14.5. The molecule has 0 aliphatic carbocycles. The van der Waals surface area contributed by atoms with Gasteiger partial charge in [0.1, 0.15) is 5.52 Å². The molecule has 0 unspecified atom stereocenters. The number of rotatable bonds is 7. The molecule has 0 spiro atoms. The lowest BCUT2D eigenvalue weighted by molar-refractivity contribution is -0.147. The number of carbonyl (C=O) groups is 3. The lowest BCUT2D eigenvalue weighted by Crippen LogP contribution is -2.27. The second-order valence-corrected chi connectivity index (χ2v) is 6.13. The van der Waals surface area contributed by atoms with Crippen LogP contribution in [0, 0.1) is 0 Å². The van der Waals surface area contributed by atoms with E-state index in [1.54, 1.807) is 36.4 Å². The maximum absolute atomic E-state index is 12.3. The number of aryl methyl sites for hydroxylation is 1. The number of fused-ring (bicyclic) bond motifs is 1. The van der Waals surface area contributed by atoms with Crippen LogP contribution in [0.1, 0.15) is 16.8 Å². The lowest BCUT2D eigenvalue weighted by atomic mass is 10.2. The summed E-state index contributed by atoms with van der Waals surface area (Å²) >= 11 is 0. The molecule has 0 bridgehead atoms. The van der Waals surface area contributed by atoms with E-state index in [0.29, 0.717) is 10.9 Å². The number of methoxy groups -OCH3 is 1. The molecule has 3 rings (SSSR count). The zero-order valence-electron chi connectivity index (χ0n) is 16.0. The smallest absolute Gasteiger partial charge is 0.339 e. The number of nitrogens with zero attached hydrogens (tertiary/aromatic N) is 3. The van der Waals surface area contributed by atoms with Crippen molar-refractivity contribution in [2.45, 2.75) is 13.0 Å². The van der Waals surface area contributed by atoms with Gasteiger partial charge in [-0.1, -0.05) is 29.5 Å². The van der Waals surface area contributed by atoms with Gasteiger partial charge >= 0.3 is 11.9 Å². The molecule has 0 fully saturated rings. The molecule has 10 nitrogen and oxygen atoms in total. The minimum atomic E-state index is -0.687. The van der Waals surface area contributed by atoms with Crippen LogP contribution in [0.25, 0.3) is 10.9 Å². The first-order valence-electron chi connectivity index (χ1n) is 8.95. The van der Waals surface area contributed by atoms with Gasteiger partial charge in [0.15, 0.2) is 6.61 Å². The van der Waals surface area contributed by atoms with E-state index < -0.39 is 24.5 Å². The maximum atomic E-state index is 12.3. The largest absolute Gasteiger partial charge is 0.465 e. The standard InChI is InChI=1S/C20H18N4O6/c1-29-20(28)14-7-3-4-8-15(14)21-17(25)12-30-18(26)10-11-24-19(27)13-6-2-5-9-16(13)22-23-24/h2-9H,10-12H2,1H3,(H,21,25). The number of carbonyl (C=O) groups excluding carboxylic acids is 3. The summed E-state index contributed by atoms with van der Waals surface area (Å²) in [5, 5.41) is 10.6. The van der Waals surface area contributed by atoms with Gasteiger partial charge in [-0.25, -0.2) is 9.48 Å². The number of esters is 2. The Balaban J connectivity index is 1.53. The van der Waals surface area contributed by atoms with Crippen LogP contribution in [0.3, 0.4) is 0 Å². The molecule has 1 amide bonds. The topological polar surface area (TPSA) is 129 Å². The number of ether oxygens (including phenoxy) is 2. The van der Waals surface area contributed by atoms with E-state index in [4.69, 9.17) is 4.74 Å². The van der Waals surface area contributed by atoms with Crippen molar-refractivity contribution in [3.8, 4) is 0 Å². The van der Waals surface area contributed by atoms with Crippen molar-refractivity contribution in [2.24, 2.45) is 0 Å². The van der Waals surface area contributed by atoms with Crippen molar-refractivity contribution >= 4 is 34.4 Å². The summed E-state index contributed by atoms with van der Waals surface area (Å²) in [7, 11) is 1.23. The van der Waals surface area contributed by atoms with E-state index in [0.717, 1.165) is 4.68 Å². The molecule has 1 N–H and O–H groups in total. The SMILES string of the molecule is COC(=O)c1ccccc1NC(=O)COC(=O)CCn1nnc2ccccc2c1=O. The number of hydrogen-bond acceptors (Lipinski definition) is 8. The molecule has 154 valence electrons. The van der Waals surface area contributed by atoms with Crippen molar-refractivity contribution in [3.05, 3.63) is 64.4 Å². The molecule has 2 aromatic carbocycles. The van der Waals surface area contributed by atoms with E-state index in [2.05, 4.69) is 20.4 Å². The molecule has 0 atom stereocenters. The fourth-order valence-electron chi connectivity index (χ4n) is 2.65. The van der Waals surface area contributed by atoms with Gasteiger partial charge in [-0.05, 0) is 24.3 Å². The van der Waals surface area contributed by atoms with Crippen LogP contribution >= 0.6 is 0 Å². The predicted octanol–water partition coefficient (Wildman–Crippen LogP) is 1.15. The average Bonchev–Trinajstić information content (AvgIpc) is 2.77. The zero-order chi connectivity index (χ0) is 21.5. The molecule has 0 aliphatic rings. The van der Waals surface area contributed by atoms with E-state index in [-0.39, 0.29) is 29.8 Å². The monoisotopic (exact) mass is 410 g/mol. The Kier molecular flexibility index (Phi) is 6.48. The van der Waals surface area contributed by atoms with Crippen molar-refractivity contribution in [1.29, 1.82) is 0 Å². The lowest BCUT2D eigenvalue weighted by Gasteiger charge is -2.10. The number of anilines is 1. The van der Waals surface area contributed by atoms with Crippen LogP contribution < -0.4 is 10.9 Å². The van der Waals surface area contributed by atoms with Crippen LogP contribution in [0.15, 0.2) is 53.3 Å². The predicted molar refractivity (Wildman–Crippen MR) is 106 cm³/mol. The summed E-state index contributed by atoms with van der Waals surface area (Å²) in [6, 6.07) is 13.0. The molecular weight excluding hydrogens is 392 g/mol. The molecule has 10 heteroatoms. The van der Waals surface area contributed by atoms with Crippen molar-refractivity contribution in [1.82, 2.24) is 15.0 Å². The number of hydrogen-bond donors (Lipinski definition) is 1. The quantitative estimate of drug-likeness (QED) is 0.574. The number of aromatic nitrogens is 3. The molecule has 0 saturated carbocycles. The Bertz CT molecular complexity index is 1160. The van der Waals surface area contributed by atoms with Gasteiger partial charge in [-0.3, -0.25) is 14.4 Å². The third kappa shape index (κ3) is 4.85. The Morgan fingerprint density at radius 3 is 2.60 bits per heavy atom. The molecule has 0 radical (unpaired) electrons. The fraction of sp³-hybridized carbons (Fsp3) is 0.200. The van der Waals surface area contributed by atoms with Gasteiger partial charge in [0.25, 0.3) is 11.5 Å². The van der Waals surface area contributed by atoms with E-state index >= 15 is 0 Å². The van der Waals surface area contributed by atoms with Gasteiger partial charge in [-0.15, -0.1) is 5.10 Å². The minimum Gasteiger partial charge on any atom is -0.465 e. The summed E-state index contributed by atoms with van der Waals surface area (Å²) in [5.41, 5.74) is 0.508. The number of para-hydroxylation sites is 1. The van der Waals surface area contributed by atoms with Gasteiger partial charge in [0, 0.05) is 0 Å². The molecule has 30 heavy (non-hydrogen) atoms. The Labute approximate surface area is 170 Å². The Morgan fingerprint density at radius 2 is 1.80 bits per heavy atom. The van der Waals surface area contributed by atoms with Crippen LogP contribution in [0.2, 0.25) is 0 Å². The summed E-state index contributed by atoms with van der Waals surface area (Å²) in [6.45, 7) is -0.588. The van der Waals surface area contributed by atoms with E-state index in [1.165, 1.54) is 19.2 Å². The Morgan fingerprint density at radius 1 is 1.07 bits per heavy atom. The van der Waals surface area contributed by atoms with Gasteiger partial charge in [0.2, 0.25) is 0 Å². The van der Waals surface area contributed by atoms with Crippen molar-refractivity contribution < 1.29 is 23.9 Å². The summed E-state index contributed by atoms with van der Waals surface area (Å²) < 4.78 is 10.6. The number of benzene rings is 2. The van der Waals surface area contributed by atoms with Crippen LogP contribution in [0.4, 0.5) is 5.69 Å². The van der Waals surface area contributed by atoms with Gasteiger partial charge < -0.3 is 14.8 Å². The molecule has 1 aromatic heterocycles.